The van der Waals surface area contributed by atoms with Crippen LogP contribution in [0.25, 0.3) is 0 Å². The number of carbonyl (C=O) groups excluding carboxylic acids is 1. The minimum Gasteiger partial charge on any atom is -0.322 e. The van der Waals surface area contributed by atoms with Crippen molar-refractivity contribution in [1.29, 1.82) is 0 Å². The number of halogens is 2. The van der Waals surface area contributed by atoms with E-state index in [0.29, 0.717) is 11.3 Å². The highest BCUT2D eigenvalue weighted by Crippen LogP contribution is 2.23. The molecule has 5 nitrogen and oxygen atoms in total. The van der Waals surface area contributed by atoms with Gasteiger partial charge in [-0.3, -0.25) is 9.10 Å². The first kappa shape index (κ1) is 17.9. The van der Waals surface area contributed by atoms with Gasteiger partial charge in [-0.05, 0) is 36.8 Å². The van der Waals surface area contributed by atoms with E-state index in [1.165, 1.54) is 25.2 Å². The molecule has 24 heavy (non-hydrogen) atoms. The lowest BCUT2D eigenvalue weighted by atomic mass is 10.1. The Kier molecular flexibility index (Phi) is 4.88. The number of hydrogen-bond donors (Lipinski definition) is 1. The van der Waals surface area contributed by atoms with Crippen molar-refractivity contribution in [3.8, 4) is 0 Å². The summed E-state index contributed by atoms with van der Waals surface area (Å²) in [6.07, 6.45) is 1.06. The summed E-state index contributed by atoms with van der Waals surface area (Å²) in [6.45, 7) is 1.72. The van der Waals surface area contributed by atoms with Crippen LogP contribution in [0.1, 0.15) is 15.9 Å². The van der Waals surface area contributed by atoms with Gasteiger partial charge in [-0.2, -0.15) is 0 Å². The largest absolute Gasteiger partial charge is 0.322 e. The summed E-state index contributed by atoms with van der Waals surface area (Å²) < 4.78 is 50.5. The number of nitrogens with zero attached hydrogens (tertiary/aromatic N) is 1. The molecule has 0 radical (unpaired) electrons. The van der Waals surface area contributed by atoms with Gasteiger partial charge in [0.15, 0.2) is 11.6 Å². The fraction of sp³-hybridized carbons (Fsp3) is 0.188. The monoisotopic (exact) mass is 354 g/mol. The lowest BCUT2D eigenvalue weighted by molar-refractivity contribution is 0.102. The SMILES string of the molecule is Cc1ccc(C(=O)Nc2ccc(F)c(F)c2)cc1N(C)S(C)(=O)=O. The molecule has 128 valence electrons. The second-order valence-electron chi connectivity index (χ2n) is 5.31. The van der Waals surface area contributed by atoms with Crippen LogP contribution in [-0.2, 0) is 10.0 Å². The van der Waals surface area contributed by atoms with Gasteiger partial charge in [-0.1, -0.05) is 6.07 Å². The average Bonchev–Trinajstić information content (AvgIpc) is 2.49. The first-order valence-electron chi connectivity index (χ1n) is 6.90. The van der Waals surface area contributed by atoms with E-state index >= 15 is 0 Å². The molecule has 2 rings (SSSR count). The summed E-state index contributed by atoms with van der Waals surface area (Å²) in [5.41, 5.74) is 1.32. The first-order chi connectivity index (χ1) is 11.1. The molecule has 0 saturated heterocycles. The molecule has 1 amide bonds. The number of carbonyl (C=O) groups is 1. The number of aryl methyl sites for hydroxylation is 1. The molecule has 0 spiro atoms. The van der Waals surface area contributed by atoms with Crippen LogP contribution >= 0.6 is 0 Å². The van der Waals surface area contributed by atoms with Gasteiger partial charge in [-0.25, -0.2) is 17.2 Å². The molecule has 2 aromatic carbocycles. The third-order valence-corrected chi connectivity index (χ3v) is 4.68. The zero-order chi connectivity index (χ0) is 18.1. The number of anilines is 2. The number of amides is 1. The molecule has 0 aliphatic carbocycles. The van der Waals surface area contributed by atoms with E-state index in [1.807, 2.05) is 0 Å². The van der Waals surface area contributed by atoms with Gasteiger partial charge in [0.2, 0.25) is 10.0 Å². The van der Waals surface area contributed by atoms with E-state index in [0.717, 1.165) is 22.7 Å². The van der Waals surface area contributed by atoms with Crippen LogP contribution in [0.15, 0.2) is 36.4 Å². The average molecular weight is 354 g/mol. The van der Waals surface area contributed by atoms with Crippen molar-refractivity contribution in [3.63, 3.8) is 0 Å². The lowest BCUT2D eigenvalue weighted by Crippen LogP contribution is -2.26. The van der Waals surface area contributed by atoms with E-state index in [4.69, 9.17) is 0 Å². The molecule has 0 aromatic heterocycles. The highest BCUT2D eigenvalue weighted by molar-refractivity contribution is 7.92. The maximum atomic E-state index is 13.2. The smallest absolute Gasteiger partial charge is 0.255 e. The molecule has 8 heteroatoms. The standard InChI is InChI=1S/C16H16F2N2O3S/c1-10-4-5-11(8-15(10)20(2)24(3,22)23)16(21)19-12-6-7-13(17)14(18)9-12/h4-9H,1-3H3,(H,19,21). The number of nitrogens with one attached hydrogen (secondary N) is 1. The van der Waals surface area contributed by atoms with E-state index in [1.54, 1.807) is 13.0 Å². The van der Waals surface area contributed by atoms with Crippen molar-refractivity contribution in [2.75, 3.05) is 22.9 Å². The number of benzene rings is 2. The van der Waals surface area contributed by atoms with Crippen LogP contribution in [-0.4, -0.2) is 27.6 Å². The van der Waals surface area contributed by atoms with Gasteiger partial charge in [0, 0.05) is 24.4 Å². The fourth-order valence-corrected chi connectivity index (χ4v) is 2.60. The van der Waals surface area contributed by atoms with Gasteiger partial charge in [0.1, 0.15) is 0 Å². The zero-order valence-electron chi connectivity index (χ0n) is 13.3. The van der Waals surface area contributed by atoms with Gasteiger partial charge < -0.3 is 5.32 Å². The molecular formula is C16H16F2N2O3S. The predicted molar refractivity (Wildman–Crippen MR) is 88.7 cm³/mol. The summed E-state index contributed by atoms with van der Waals surface area (Å²) in [5, 5.41) is 2.44. The molecule has 0 heterocycles. The summed E-state index contributed by atoms with van der Waals surface area (Å²) in [6, 6.07) is 7.55. The number of sulfonamides is 1. The Bertz CT molecular complexity index is 898. The van der Waals surface area contributed by atoms with Crippen molar-refractivity contribution in [2.24, 2.45) is 0 Å². The van der Waals surface area contributed by atoms with Crippen molar-refractivity contribution < 1.29 is 22.0 Å². The quantitative estimate of drug-likeness (QED) is 0.918. The van der Waals surface area contributed by atoms with E-state index in [2.05, 4.69) is 5.32 Å². The van der Waals surface area contributed by atoms with Gasteiger partial charge in [-0.15, -0.1) is 0 Å². The molecule has 0 aliphatic rings. The van der Waals surface area contributed by atoms with Gasteiger partial charge in [0.05, 0.1) is 11.9 Å². The maximum absolute atomic E-state index is 13.2. The molecule has 0 atom stereocenters. The van der Waals surface area contributed by atoms with E-state index < -0.39 is 27.6 Å². The van der Waals surface area contributed by atoms with Crippen LogP contribution < -0.4 is 9.62 Å². The first-order valence-corrected chi connectivity index (χ1v) is 8.75. The third kappa shape index (κ3) is 3.88. The zero-order valence-corrected chi connectivity index (χ0v) is 14.1. The lowest BCUT2D eigenvalue weighted by Gasteiger charge is -2.19. The molecular weight excluding hydrogens is 338 g/mol. The molecule has 0 saturated carbocycles. The van der Waals surface area contributed by atoms with Crippen molar-refractivity contribution in [3.05, 3.63) is 59.2 Å². The highest BCUT2D eigenvalue weighted by Gasteiger charge is 2.17. The Morgan fingerprint density at radius 1 is 1.08 bits per heavy atom. The van der Waals surface area contributed by atoms with Crippen LogP contribution in [0.2, 0.25) is 0 Å². The molecule has 0 unspecified atom stereocenters. The Morgan fingerprint density at radius 2 is 1.75 bits per heavy atom. The normalized spacial score (nSPS) is 11.2. The van der Waals surface area contributed by atoms with E-state index in [9.17, 15) is 22.0 Å². The van der Waals surface area contributed by atoms with Crippen molar-refractivity contribution in [2.45, 2.75) is 6.92 Å². The van der Waals surface area contributed by atoms with Crippen molar-refractivity contribution in [1.82, 2.24) is 0 Å². The Labute approximate surface area is 139 Å². The van der Waals surface area contributed by atoms with Crippen LogP contribution in [0, 0.1) is 18.6 Å². The van der Waals surface area contributed by atoms with Crippen LogP contribution in [0.5, 0.6) is 0 Å². The number of hydrogen-bond acceptors (Lipinski definition) is 3. The van der Waals surface area contributed by atoms with Gasteiger partial charge >= 0.3 is 0 Å². The second kappa shape index (κ2) is 6.56. The molecule has 0 fully saturated rings. The number of rotatable bonds is 4. The Morgan fingerprint density at radius 3 is 2.33 bits per heavy atom. The topological polar surface area (TPSA) is 66.5 Å². The van der Waals surface area contributed by atoms with Gasteiger partial charge in [0.25, 0.3) is 5.91 Å². The summed E-state index contributed by atoms with van der Waals surface area (Å²) >= 11 is 0. The van der Waals surface area contributed by atoms with Crippen LogP contribution in [0.4, 0.5) is 20.2 Å². The summed E-state index contributed by atoms with van der Waals surface area (Å²) in [4.78, 5) is 12.3. The summed E-state index contributed by atoms with van der Waals surface area (Å²) in [7, 11) is -2.10. The molecule has 2 aromatic rings. The minimum absolute atomic E-state index is 0.0949. The maximum Gasteiger partial charge on any atom is 0.255 e. The summed E-state index contributed by atoms with van der Waals surface area (Å²) in [5.74, 6) is -2.65. The fourth-order valence-electron chi connectivity index (χ4n) is 2.05. The minimum atomic E-state index is -3.48. The Hall–Kier alpha value is -2.48. The van der Waals surface area contributed by atoms with Crippen LogP contribution in [0.3, 0.4) is 0 Å². The highest BCUT2D eigenvalue weighted by atomic mass is 32.2. The van der Waals surface area contributed by atoms with E-state index in [-0.39, 0.29) is 11.3 Å². The second-order valence-corrected chi connectivity index (χ2v) is 7.33. The Balaban J connectivity index is 2.31. The predicted octanol–water partition coefficient (Wildman–Crippen LogP) is 2.92. The molecule has 0 bridgehead atoms. The van der Waals surface area contributed by atoms with Crippen molar-refractivity contribution >= 4 is 27.3 Å². The molecule has 1 N–H and O–H groups in total. The molecule has 0 aliphatic heterocycles. The third-order valence-electron chi connectivity index (χ3n) is 3.49.